The fraction of sp³-hybridized carbons (Fsp3) is 0.625. The second kappa shape index (κ2) is 4.05. The Bertz CT molecular complexity index is 418. The first-order valence-electron chi connectivity index (χ1n) is 6.47. The minimum absolute atomic E-state index is 0.259. The molecule has 1 heterocycles. The largest absolute Gasteiger partial charge is 0.125 e. The van der Waals surface area contributed by atoms with Gasteiger partial charge in [0, 0.05) is 10.6 Å². The van der Waals surface area contributed by atoms with Crippen LogP contribution in [-0.4, -0.2) is 5.75 Å². The summed E-state index contributed by atoms with van der Waals surface area (Å²) in [5.41, 5.74) is 3.66. The highest BCUT2D eigenvalue weighted by molar-refractivity contribution is 7.99. The number of hydrogen-bond acceptors (Lipinski definition) is 1. The van der Waals surface area contributed by atoms with Crippen LogP contribution >= 0.6 is 11.8 Å². The lowest BCUT2D eigenvalue weighted by Crippen LogP contribution is -2.18. The zero-order valence-corrected chi connectivity index (χ0v) is 12.7. The van der Waals surface area contributed by atoms with E-state index in [1.165, 1.54) is 16.2 Å². The second-order valence-corrected chi connectivity index (χ2v) is 8.29. The van der Waals surface area contributed by atoms with Gasteiger partial charge < -0.3 is 0 Å². The maximum absolute atomic E-state index is 2.41. The molecule has 0 spiro atoms. The Morgan fingerprint density at radius 2 is 1.71 bits per heavy atom. The van der Waals surface area contributed by atoms with Crippen LogP contribution in [0.2, 0.25) is 0 Å². The van der Waals surface area contributed by atoms with Crippen molar-refractivity contribution in [1.82, 2.24) is 0 Å². The molecule has 1 heteroatoms. The molecule has 0 aliphatic carbocycles. The van der Waals surface area contributed by atoms with Gasteiger partial charge in [0.15, 0.2) is 0 Å². The first-order valence-corrected chi connectivity index (χ1v) is 7.45. The van der Waals surface area contributed by atoms with Crippen LogP contribution in [0.15, 0.2) is 23.1 Å². The monoisotopic (exact) mass is 248 g/mol. The fourth-order valence-corrected chi connectivity index (χ4v) is 4.01. The highest BCUT2D eigenvalue weighted by atomic mass is 32.2. The molecule has 1 aliphatic heterocycles. The quantitative estimate of drug-likeness (QED) is 0.606. The maximum Gasteiger partial charge on any atom is 0.0110 e. The topological polar surface area (TPSA) is 0 Å². The van der Waals surface area contributed by atoms with E-state index in [9.17, 15) is 0 Å². The van der Waals surface area contributed by atoms with Gasteiger partial charge in [0.05, 0.1) is 0 Å². The number of fused-ring (bicyclic) bond motifs is 1. The van der Waals surface area contributed by atoms with E-state index in [4.69, 9.17) is 0 Å². The zero-order chi connectivity index (χ0) is 12.8. The van der Waals surface area contributed by atoms with Crippen molar-refractivity contribution in [3.8, 4) is 0 Å². The highest BCUT2D eigenvalue weighted by Crippen LogP contribution is 2.48. The normalized spacial score (nSPS) is 20.5. The summed E-state index contributed by atoms with van der Waals surface area (Å²) in [6.07, 6.45) is 0. The Morgan fingerprint density at radius 3 is 2.24 bits per heavy atom. The van der Waals surface area contributed by atoms with Gasteiger partial charge in [-0.15, -0.1) is 11.8 Å². The third kappa shape index (κ3) is 2.54. The van der Waals surface area contributed by atoms with Gasteiger partial charge >= 0.3 is 0 Å². The first kappa shape index (κ1) is 13.0. The predicted octanol–water partition coefficient (Wildman–Crippen LogP) is 5.22. The summed E-state index contributed by atoms with van der Waals surface area (Å²) in [5.74, 6) is 1.95. The number of rotatable bonds is 0. The van der Waals surface area contributed by atoms with Crippen LogP contribution in [0.1, 0.15) is 58.6 Å². The van der Waals surface area contributed by atoms with Crippen molar-refractivity contribution >= 4 is 11.8 Å². The molecular weight excluding hydrogens is 224 g/mol. The highest BCUT2D eigenvalue weighted by Gasteiger charge is 2.33. The number of benzene rings is 1. The smallest absolute Gasteiger partial charge is 0.0110 e. The van der Waals surface area contributed by atoms with E-state index in [1.807, 2.05) is 11.8 Å². The molecule has 17 heavy (non-hydrogen) atoms. The Labute approximate surface area is 110 Å². The molecule has 0 radical (unpaired) electrons. The van der Waals surface area contributed by atoms with Gasteiger partial charge in [-0.3, -0.25) is 0 Å². The van der Waals surface area contributed by atoms with Gasteiger partial charge in [0.1, 0.15) is 0 Å². The molecule has 0 aromatic heterocycles. The van der Waals surface area contributed by atoms with Crippen molar-refractivity contribution in [2.45, 2.75) is 57.8 Å². The zero-order valence-electron chi connectivity index (χ0n) is 11.9. The summed E-state index contributed by atoms with van der Waals surface area (Å²) >= 11 is 2.03. The van der Waals surface area contributed by atoms with Crippen molar-refractivity contribution in [3.63, 3.8) is 0 Å². The molecule has 1 unspecified atom stereocenters. The maximum atomic E-state index is 2.41. The average Bonchev–Trinajstić information content (AvgIpc) is 2.57. The van der Waals surface area contributed by atoms with E-state index in [-0.39, 0.29) is 5.41 Å². The van der Waals surface area contributed by atoms with Gasteiger partial charge in [-0.1, -0.05) is 53.7 Å². The summed E-state index contributed by atoms with van der Waals surface area (Å²) in [4.78, 5) is 1.51. The fourth-order valence-electron chi connectivity index (χ4n) is 2.39. The van der Waals surface area contributed by atoms with E-state index < -0.39 is 0 Å². The third-order valence-electron chi connectivity index (χ3n) is 3.71. The first-order chi connectivity index (χ1) is 7.69. The summed E-state index contributed by atoms with van der Waals surface area (Å²) in [7, 11) is 0. The molecule has 0 nitrogen and oxygen atoms in total. The van der Waals surface area contributed by atoms with E-state index >= 15 is 0 Å². The van der Waals surface area contributed by atoms with Gasteiger partial charge in [-0.05, 0) is 33.9 Å². The molecule has 0 saturated heterocycles. The molecule has 2 rings (SSSR count). The van der Waals surface area contributed by atoms with Crippen LogP contribution in [0.4, 0.5) is 0 Å². The van der Waals surface area contributed by atoms with Gasteiger partial charge in [-0.25, -0.2) is 0 Å². The van der Waals surface area contributed by atoms with E-state index in [1.54, 1.807) is 5.56 Å². The third-order valence-corrected chi connectivity index (χ3v) is 4.87. The van der Waals surface area contributed by atoms with Crippen LogP contribution in [0.25, 0.3) is 0 Å². The lowest BCUT2D eigenvalue weighted by Gasteiger charge is -2.27. The predicted molar refractivity (Wildman–Crippen MR) is 78.1 cm³/mol. The average molecular weight is 248 g/mol. The van der Waals surface area contributed by atoms with E-state index in [2.05, 4.69) is 59.7 Å². The van der Waals surface area contributed by atoms with Gasteiger partial charge in [0.2, 0.25) is 0 Å². The minimum atomic E-state index is 0.259. The second-order valence-electron chi connectivity index (χ2n) is 7.23. The lowest BCUT2D eigenvalue weighted by molar-refractivity contribution is 0.345. The van der Waals surface area contributed by atoms with Crippen LogP contribution in [0, 0.1) is 5.41 Å². The summed E-state index contributed by atoms with van der Waals surface area (Å²) in [6.45, 7) is 13.9. The summed E-state index contributed by atoms with van der Waals surface area (Å²) in [6, 6.07) is 7.10. The van der Waals surface area contributed by atoms with Crippen LogP contribution in [0.5, 0.6) is 0 Å². The van der Waals surface area contributed by atoms with E-state index in [0.29, 0.717) is 11.3 Å². The molecule has 1 aromatic rings. The van der Waals surface area contributed by atoms with Crippen LogP contribution < -0.4 is 0 Å². The molecule has 0 saturated carbocycles. The Hall–Kier alpha value is -0.430. The number of hydrogen-bond donors (Lipinski definition) is 0. The molecule has 0 amide bonds. The molecular formula is C16H24S. The number of thioether (sulfide) groups is 1. The Morgan fingerprint density at radius 1 is 1.06 bits per heavy atom. The molecule has 0 N–H and O–H groups in total. The molecule has 0 fully saturated rings. The Kier molecular flexibility index (Phi) is 3.10. The van der Waals surface area contributed by atoms with E-state index in [0.717, 1.165) is 0 Å². The summed E-state index contributed by atoms with van der Waals surface area (Å²) in [5, 5.41) is 0. The van der Waals surface area contributed by atoms with Crippen LogP contribution in [0.3, 0.4) is 0 Å². The SMILES string of the molecule is CC(C)(C)c1ccc2c(c1)SCC2C(C)(C)C. The molecule has 1 aromatic carbocycles. The summed E-state index contributed by atoms with van der Waals surface area (Å²) < 4.78 is 0. The standard InChI is InChI=1S/C16H24S/c1-15(2,3)11-7-8-12-13(16(4,5)6)10-17-14(12)9-11/h7-9,13H,10H2,1-6H3. The molecule has 1 aliphatic rings. The Balaban J connectivity index is 2.39. The molecule has 0 bridgehead atoms. The van der Waals surface area contributed by atoms with Crippen molar-refractivity contribution in [1.29, 1.82) is 0 Å². The van der Waals surface area contributed by atoms with Gasteiger partial charge in [0.25, 0.3) is 0 Å². The van der Waals surface area contributed by atoms with Crippen LogP contribution in [-0.2, 0) is 5.41 Å². The van der Waals surface area contributed by atoms with Crippen molar-refractivity contribution in [2.24, 2.45) is 5.41 Å². The molecule has 1 atom stereocenters. The minimum Gasteiger partial charge on any atom is -0.125 e. The van der Waals surface area contributed by atoms with Gasteiger partial charge in [-0.2, -0.15) is 0 Å². The lowest BCUT2D eigenvalue weighted by atomic mass is 9.77. The molecule has 94 valence electrons. The van der Waals surface area contributed by atoms with Crippen molar-refractivity contribution in [2.75, 3.05) is 5.75 Å². The van der Waals surface area contributed by atoms with Crippen molar-refractivity contribution < 1.29 is 0 Å². The van der Waals surface area contributed by atoms with Crippen molar-refractivity contribution in [3.05, 3.63) is 29.3 Å².